The van der Waals surface area contributed by atoms with Crippen LogP contribution in [-0.4, -0.2) is 10.2 Å². The molecule has 4 aromatic carbocycles. The molecule has 0 aliphatic carbocycles. The van der Waals surface area contributed by atoms with Crippen molar-refractivity contribution < 1.29 is 0 Å². The minimum absolute atomic E-state index is 0.788. The van der Waals surface area contributed by atoms with E-state index in [2.05, 4.69) is 145 Å². The van der Waals surface area contributed by atoms with Crippen molar-refractivity contribution >= 4 is 63.5 Å². The molecule has 5 aromatic rings. The second-order valence-electron chi connectivity index (χ2n) is 7.71. The number of fused-ring (bicyclic) bond motifs is 1. The summed E-state index contributed by atoms with van der Waals surface area (Å²) >= 11 is 8.15. The van der Waals surface area contributed by atoms with Crippen molar-refractivity contribution in [1.82, 2.24) is 10.2 Å². The summed E-state index contributed by atoms with van der Waals surface area (Å²) in [4.78, 5) is 0. The van der Waals surface area contributed by atoms with Gasteiger partial charge in [-0.2, -0.15) is 0 Å². The number of nitrogens with zero attached hydrogens (tertiary/aromatic N) is 1. The van der Waals surface area contributed by atoms with Crippen molar-refractivity contribution in [2.45, 2.75) is 6.16 Å². The van der Waals surface area contributed by atoms with Crippen molar-refractivity contribution in [3.8, 4) is 0 Å². The molecule has 31 heavy (non-hydrogen) atoms. The number of H-pyrrole nitrogens is 1. The third kappa shape index (κ3) is 3.38. The molecule has 0 atom stereocenters. The molecule has 2 nitrogen and oxygen atoms in total. The first-order valence-corrected chi connectivity index (χ1v) is 15.3. The van der Waals surface area contributed by atoms with Crippen LogP contribution in [0.4, 0.5) is 0 Å². The van der Waals surface area contributed by atoms with Crippen molar-refractivity contribution in [1.29, 1.82) is 0 Å². The monoisotopic (exact) mass is 550 g/mol. The number of hydrogen-bond donors (Lipinski definition) is 1. The first-order valence-electron chi connectivity index (χ1n) is 10.1. The van der Waals surface area contributed by atoms with Crippen LogP contribution in [0.5, 0.6) is 0 Å². The van der Waals surface area contributed by atoms with E-state index in [-0.39, 0.29) is 0 Å². The van der Waals surface area contributed by atoms with Crippen LogP contribution in [0.2, 0.25) is 0 Å². The maximum atomic E-state index is 4.61. The van der Waals surface area contributed by atoms with E-state index in [0.29, 0.717) is 0 Å². The number of hydrogen-bond acceptors (Lipinski definition) is 1. The Morgan fingerprint density at radius 3 is 1.65 bits per heavy atom. The second kappa shape index (κ2) is 8.02. The van der Waals surface area contributed by atoms with Crippen molar-refractivity contribution in [3.05, 3.63) is 119 Å². The van der Waals surface area contributed by atoms with E-state index in [9.17, 15) is 0 Å². The van der Waals surface area contributed by atoms with Gasteiger partial charge in [-0.05, 0) is 0 Å². The standard InChI is InChI=1S/C26H21Br2N2P/c27-20-16-17-25-24(18-20)26(30-29-25)19-31(28,21-10-4-1-5-11-21,22-12-6-2-7-13-22)23-14-8-3-9-15-23/h1-18H,19H2,(H,29,30). The summed E-state index contributed by atoms with van der Waals surface area (Å²) in [5, 5.41) is 9.95. The molecule has 0 saturated heterocycles. The summed E-state index contributed by atoms with van der Waals surface area (Å²) in [5.41, 5.74) is 2.10. The third-order valence-electron chi connectivity index (χ3n) is 5.93. The van der Waals surface area contributed by atoms with Crippen LogP contribution in [0, 0.1) is 0 Å². The molecule has 0 fully saturated rings. The molecule has 0 spiro atoms. The molecular weight excluding hydrogens is 531 g/mol. The van der Waals surface area contributed by atoms with Gasteiger partial charge in [-0.3, -0.25) is 0 Å². The van der Waals surface area contributed by atoms with Crippen LogP contribution in [0.1, 0.15) is 5.69 Å². The molecule has 0 aliphatic heterocycles. The molecule has 0 radical (unpaired) electrons. The van der Waals surface area contributed by atoms with Crippen LogP contribution >= 0.6 is 36.7 Å². The minimum atomic E-state index is -3.06. The summed E-state index contributed by atoms with van der Waals surface area (Å²) < 4.78 is 1.05. The molecule has 0 aliphatic rings. The number of benzene rings is 4. The van der Waals surface area contributed by atoms with E-state index in [1.54, 1.807) is 0 Å². The van der Waals surface area contributed by atoms with Crippen molar-refractivity contribution in [2.75, 3.05) is 0 Å². The van der Waals surface area contributed by atoms with Crippen LogP contribution in [0.15, 0.2) is 114 Å². The van der Waals surface area contributed by atoms with Gasteiger partial charge in [0.1, 0.15) is 0 Å². The molecule has 1 N–H and O–H groups in total. The Bertz CT molecular complexity index is 1240. The van der Waals surface area contributed by atoms with Gasteiger partial charge in [-0.1, -0.05) is 0 Å². The Morgan fingerprint density at radius 2 is 1.16 bits per heavy atom. The van der Waals surface area contributed by atoms with E-state index >= 15 is 0 Å². The summed E-state index contributed by atoms with van der Waals surface area (Å²) in [5.74, 6) is 0. The Hall–Kier alpha value is -2.26. The summed E-state index contributed by atoms with van der Waals surface area (Å²) in [7, 11) is 0. The molecule has 0 bridgehead atoms. The predicted octanol–water partition coefficient (Wildman–Crippen LogP) is 6.67. The van der Waals surface area contributed by atoms with E-state index in [0.717, 1.165) is 27.2 Å². The van der Waals surface area contributed by atoms with E-state index in [4.69, 9.17) is 0 Å². The molecular formula is C26H21Br2N2P. The molecule has 5 heteroatoms. The van der Waals surface area contributed by atoms with Gasteiger partial charge in [0.15, 0.2) is 0 Å². The van der Waals surface area contributed by atoms with E-state index < -0.39 is 5.31 Å². The zero-order chi connectivity index (χ0) is 21.3. The fourth-order valence-corrected chi connectivity index (χ4v) is 12.3. The van der Waals surface area contributed by atoms with Gasteiger partial charge in [0, 0.05) is 0 Å². The molecule has 0 amide bonds. The zero-order valence-electron chi connectivity index (χ0n) is 16.7. The van der Waals surface area contributed by atoms with Gasteiger partial charge in [0.2, 0.25) is 0 Å². The quantitative estimate of drug-likeness (QED) is 0.243. The zero-order valence-corrected chi connectivity index (χ0v) is 20.8. The second-order valence-corrected chi connectivity index (χ2v) is 17.6. The Kier molecular flexibility index (Phi) is 5.34. The van der Waals surface area contributed by atoms with Gasteiger partial charge in [0.05, 0.1) is 0 Å². The topological polar surface area (TPSA) is 28.7 Å². The molecule has 0 saturated carbocycles. The maximum absolute atomic E-state index is 4.61. The fraction of sp³-hybridized carbons (Fsp3) is 0.0385. The van der Waals surface area contributed by atoms with Gasteiger partial charge >= 0.3 is 199 Å². The molecule has 154 valence electrons. The van der Waals surface area contributed by atoms with Crippen LogP contribution < -0.4 is 15.9 Å². The average Bonchev–Trinajstić information content (AvgIpc) is 3.22. The number of aromatic amines is 1. The number of aromatic nitrogens is 2. The molecule has 1 heterocycles. The van der Waals surface area contributed by atoms with Crippen LogP contribution in [0.25, 0.3) is 10.9 Å². The Balaban J connectivity index is 1.87. The molecule has 0 unspecified atom stereocenters. The number of halogens is 2. The van der Waals surface area contributed by atoms with E-state index in [1.165, 1.54) is 15.9 Å². The Labute approximate surface area is 198 Å². The van der Waals surface area contributed by atoms with Gasteiger partial charge < -0.3 is 0 Å². The fourth-order valence-electron chi connectivity index (χ4n) is 4.39. The van der Waals surface area contributed by atoms with Crippen molar-refractivity contribution in [2.24, 2.45) is 0 Å². The van der Waals surface area contributed by atoms with Gasteiger partial charge in [-0.25, -0.2) is 0 Å². The molecule has 5 rings (SSSR count). The summed E-state index contributed by atoms with van der Waals surface area (Å²) in [6.07, 6.45) is 0.788. The summed E-state index contributed by atoms with van der Waals surface area (Å²) in [6.45, 7) is 0. The Morgan fingerprint density at radius 1 is 0.677 bits per heavy atom. The predicted molar refractivity (Wildman–Crippen MR) is 142 cm³/mol. The number of rotatable bonds is 5. The van der Waals surface area contributed by atoms with Gasteiger partial charge in [0.25, 0.3) is 0 Å². The van der Waals surface area contributed by atoms with Crippen LogP contribution in [0.3, 0.4) is 0 Å². The van der Waals surface area contributed by atoms with Crippen molar-refractivity contribution in [3.63, 3.8) is 0 Å². The normalized spacial score (nSPS) is 13.0. The third-order valence-corrected chi connectivity index (χ3v) is 15.9. The summed E-state index contributed by atoms with van der Waals surface area (Å²) in [6, 6.07) is 38.8. The first kappa shape index (κ1) is 20.6. The average molecular weight is 552 g/mol. The van der Waals surface area contributed by atoms with Crippen LogP contribution in [-0.2, 0) is 6.16 Å². The molecule has 1 aromatic heterocycles. The van der Waals surface area contributed by atoms with Gasteiger partial charge in [-0.15, -0.1) is 0 Å². The first-order chi connectivity index (χ1) is 15.1. The number of nitrogens with one attached hydrogen (secondary N) is 1. The van der Waals surface area contributed by atoms with E-state index in [1.807, 2.05) is 6.07 Å². The SMILES string of the molecule is Brc1ccc2n[nH]c(CP(Br)(c3ccccc3)(c3ccccc3)c3ccccc3)c2c1.